The number of carbonyl (C=O) groups is 2. The number of nitrogens with one attached hydrogen (secondary N) is 2. The molecule has 0 bridgehead atoms. The molecular weight excluding hydrogens is 727 g/mol. The van der Waals surface area contributed by atoms with Crippen molar-refractivity contribution in [3.8, 4) is 5.75 Å². The fourth-order valence-electron chi connectivity index (χ4n) is 6.89. The van der Waals surface area contributed by atoms with Gasteiger partial charge in [-0.3, -0.25) is 4.79 Å². The van der Waals surface area contributed by atoms with Crippen LogP contribution in [-0.4, -0.2) is 39.2 Å². The Morgan fingerprint density at radius 1 is 1.02 bits per heavy atom. The molecule has 302 valence electrons. The van der Waals surface area contributed by atoms with Gasteiger partial charge < -0.3 is 25.6 Å². The molecule has 10 nitrogen and oxygen atoms in total. The molecule has 0 aliphatic heterocycles. The summed E-state index contributed by atoms with van der Waals surface area (Å²) in [6.45, 7) is 16.5. The highest BCUT2D eigenvalue weighted by atomic mass is 32.2. The molecule has 0 aromatic heterocycles. The van der Waals surface area contributed by atoms with E-state index in [1.807, 2.05) is 70.2 Å². The largest absolute Gasteiger partial charge is 0.492 e. The molecule has 56 heavy (non-hydrogen) atoms. The van der Waals surface area contributed by atoms with E-state index in [9.17, 15) is 23.1 Å². The zero-order chi connectivity index (χ0) is 41.5. The van der Waals surface area contributed by atoms with Gasteiger partial charge in [0.2, 0.25) is 10.0 Å². The van der Waals surface area contributed by atoms with Gasteiger partial charge in [0.25, 0.3) is 0 Å². The molecule has 0 aliphatic rings. The van der Waals surface area contributed by atoms with Crippen LogP contribution in [0.15, 0.2) is 114 Å². The number of aliphatic carboxylic acids is 1. The molecule has 3 aromatic rings. The summed E-state index contributed by atoms with van der Waals surface area (Å²) in [6, 6.07) is 20.4. The van der Waals surface area contributed by atoms with Crippen LogP contribution in [0.5, 0.6) is 5.75 Å². The molecule has 3 aromatic carbocycles. The van der Waals surface area contributed by atoms with Gasteiger partial charge in [0.1, 0.15) is 10.6 Å². The van der Waals surface area contributed by atoms with Crippen LogP contribution in [0.4, 0.5) is 0 Å². The van der Waals surface area contributed by atoms with Crippen molar-refractivity contribution in [3.05, 3.63) is 137 Å². The summed E-state index contributed by atoms with van der Waals surface area (Å²) < 4.78 is 40.4. The van der Waals surface area contributed by atoms with E-state index in [2.05, 4.69) is 23.5 Å². The van der Waals surface area contributed by atoms with Gasteiger partial charge in [0.05, 0.1) is 19.1 Å². The molecule has 0 heterocycles. The van der Waals surface area contributed by atoms with Crippen LogP contribution in [0.1, 0.15) is 94.0 Å². The molecule has 0 fully saturated rings. The first-order chi connectivity index (χ1) is 26.6. The molecule has 5 N–H and O–H groups in total. The predicted molar refractivity (Wildman–Crippen MR) is 224 cm³/mol. The molecular formula is C45H59N3O7S. The summed E-state index contributed by atoms with van der Waals surface area (Å²) in [5.41, 5.74) is 11.9. The Kier molecular flexibility index (Phi) is 17.2. The van der Waals surface area contributed by atoms with Crippen molar-refractivity contribution in [2.75, 3.05) is 13.7 Å². The zero-order valence-corrected chi connectivity index (χ0v) is 34.7. The van der Waals surface area contributed by atoms with Crippen molar-refractivity contribution in [2.24, 2.45) is 17.1 Å². The predicted octanol–water partition coefficient (Wildman–Crippen LogP) is 8.54. The molecule has 0 radical (unpaired) electrons. The third kappa shape index (κ3) is 12.4. The molecule has 2 unspecified atom stereocenters. The van der Waals surface area contributed by atoms with Gasteiger partial charge in [0.15, 0.2) is 0 Å². The van der Waals surface area contributed by atoms with Crippen molar-refractivity contribution in [1.29, 1.82) is 0 Å². The van der Waals surface area contributed by atoms with Crippen molar-refractivity contribution in [2.45, 2.75) is 91.1 Å². The van der Waals surface area contributed by atoms with Crippen LogP contribution < -0.4 is 20.5 Å². The summed E-state index contributed by atoms with van der Waals surface area (Å²) in [7, 11) is -2.51. The van der Waals surface area contributed by atoms with Crippen LogP contribution in [0.3, 0.4) is 0 Å². The van der Waals surface area contributed by atoms with E-state index < -0.39 is 21.4 Å². The number of ether oxygens (including phenoxy) is 2. The molecule has 3 rings (SSSR count). The number of para-hydroxylation sites is 1. The lowest BCUT2D eigenvalue weighted by Gasteiger charge is -2.38. The average molecular weight is 786 g/mol. The highest BCUT2D eigenvalue weighted by Gasteiger charge is 2.43. The van der Waals surface area contributed by atoms with E-state index in [-0.39, 0.29) is 35.0 Å². The highest BCUT2D eigenvalue weighted by Crippen LogP contribution is 2.45. The number of hydrogen-bond donors (Lipinski definition) is 4. The minimum atomic E-state index is -3.90. The minimum Gasteiger partial charge on any atom is -0.492 e. The Morgan fingerprint density at radius 2 is 1.75 bits per heavy atom. The second-order valence-electron chi connectivity index (χ2n) is 14.4. The molecule has 0 saturated heterocycles. The molecule has 2 atom stereocenters. The van der Waals surface area contributed by atoms with Crippen molar-refractivity contribution >= 4 is 27.5 Å². The Bertz CT molecular complexity index is 2030. The standard InChI is InChI=1S/C45H59N3O7S/c1-9-16-35(43(49)50)19-14-17-31(4)36-20-15-18-33(25-36)28-47-30-39(46)27-34(10-2)42(45(6,7)44(51)54-8)37-24-23-32(5)38(26-37)29-48-56(52,53)41-22-13-12-21-40(41)55-11-3/h12-15,17-26,30,34,42,47-48H,4,9-11,16,27-29,46H2,1-3,5-8H3,(H,49,50)/b17-14-,35-19+,39-30-. The lowest BCUT2D eigenvalue weighted by Crippen LogP contribution is -2.37. The monoisotopic (exact) mass is 785 g/mol. The Balaban J connectivity index is 1.82. The first-order valence-electron chi connectivity index (χ1n) is 19.0. The zero-order valence-electron chi connectivity index (χ0n) is 33.9. The summed E-state index contributed by atoms with van der Waals surface area (Å²) in [5, 5.41) is 12.7. The van der Waals surface area contributed by atoms with Crippen LogP contribution >= 0.6 is 0 Å². The Morgan fingerprint density at radius 3 is 2.41 bits per heavy atom. The van der Waals surface area contributed by atoms with E-state index in [0.717, 1.165) is 39.8 Å². The quantitative estimate of drug-likeness (QED) is 0.0445. The van der Waals surface area contributed by atoms with Crippen molar-refractivity contribution < 1.29 is 32.6 Å². The van der Waals surface area contributed by atoms with Gasteiger partial charge >= 0.3 is 11.9 Å². The number of allylic oxidation sites excluding steroid dienone is 5. The number of nitrogens with two attached hydrogens (primary N) is 1. The molecule has 0 amide bonds. The number of rotatable bonds is 22. The second kappa shape index (κ2) is 21.2. The van der Waals surface area contributed by atoms with Crippen molar-refractivity contribution in [1.82, 2.24) is 10.0 Å². The maximum absolute atomic E-state index is 13.4. The van der Waals surface area contributed by atoms with E-state index in [1.54, 1.807) is 49.6 Å². The lowest BCUT2D eigenvalue weighted by molar-refractivity contribution is -0.153. The fourth-order valence-corrected chi connectivity index (χ4v) is 8.04. The number of methoxy groups -OCH3 is 1. The normalized spacial score (nSPS) is 13.6. The first-order valence-corrected chi connectivity index (χ1v) is 20.5. The van der Waals surface area contributed by atoms with Crippen molar-refractivity contribution in [3.63, 3.8) is 0 Å². The fraction of sp³-hybridized carbons (Fsp3) is 0.378. The SMILES string of the molecule is C=C(/C=C\C=C(/CCC)C(=O)O)c1cccc(CN/C=C(\N)CC(CC)C(c2ccc(C)c(CNS(=O)(=O)c3ccccc3OCC)c2)C(C)(C)C(=O)OC)c1. The molecule has 0 saturated carbocycles. The van der Waals surface area contributed by atoms with Gasteiger partial charge in [-0.25, -0.2) is 17.9 Å². The molecule has 0 spiro atoms. The van der Waals surface area contributed by atoms with Crippen LogP contribution in [0.2, 0.25) is 0 Å². The van der Waals surface area contributed by atoms with E-state index in [4.69, 9.17) is 15.2 Å². The number of hydrogen-bond acceptors (Lipinski definition) is 8. The summed E-state index contributed by atoms with van der Waals surface area (Å²) in [6.07, 6.45) is 9.39. The number of carbonyl (C=O) groups excluding carboxylic acids is 1. The number of carboxylic acids is 1. The second-order valence-corrected chi connectivity index (χ2v) is 16.1. The third-order valence-corrected chi connectivity index (χ3v) is 11.3. The number of sulfonamides is 1. The summed E-state index contributed by atoms with van der Waals surface area (Å²) >= 11 is 0. The van der Waals surface area contributed by atoms with E-state index in [1.165, 1.54) is 13.2 Å². The van der Waals surface area contributed by atoms with E-state index >= 15 is 0 Å². The van der Waals surface area contributed by atoms with Gasteiger partial charge in [-0.15, -0.1) is 0 Å². The minimum absolute atomic E-state index is 0.0447. The number of aryl methyl sites for hydroxylation is 1. The summed E-state index contributed by atoms with van der Waals surface area (Å²) in [4.78, 5) is 24.8. The van der Waals surface area contributed by atoms with Gasteiger partial charge in [-0.05, 0) is 98.0 Å². The highest BCUT2D eigenvalue weighted by molar-refractivity contribution is 7.89. The Hall–Kier alpha value is -5.13. The maximum Gasteiger partial charge on any atom is 0.331 e. The molecule has 11 heteroatoms. The van der Waals surface area contributed by atoms with Gasteiger partial charge in [0, 0.05) is 36.5 Å². The molecule has 0 aliphatic carbocycles. The maximum atomic E-state index is 13.4. The first kappa shape index (κ1) is 45.3. The van der Waals surface area contributed by atoms with Crippen LogP contribution in [0, 0.1) is 18.3 Å². The Labute approximate surface area is 333 Å². The van der Waals surface area contributed by atoms with Gasteiger partial charge in [-0.1, -0.05) is 100 Å². The number of carboxylic acid groups (broad SMARTS) is 1. The number of benzene rings is 3. The third-order valence-electron chi connectivity index (χ3n) is 9.89. The van der Waals surface area contributed by atoms with Crippen LogP contribution in [0.25, 0.3) is 5.57 Å². The smallest absolute Gasteiger partial charge is 0.331 e. The summed E-state index contributed by atoms with van der Waals surface area (Å²) in [5.74, 6) is -1.37. The van der Waals surface area contributed by atoms with E-state index in [0.29, 0.717) is 43.7 Å². The number of esters is 1. The van der Waals surface area contributed by atoms with Crippen LogP contribution in [-0.2, 0) is 37.4 Å². The topological polar surface area (TPSA) is 157 Å². The van der Waals surface area contributed by atoms with Gasteiger partial charge in [-0.2, -0.15) is 0 Å². The lowest BCUT2D eigenvalue weighted by atomic mass is 9.66. The average Bonchev–Trinajstić information content (AvgIpc) is 3.17.